The third kappa shape index (κ3) is 6.61. The first-order valence-electron chi connectivity index (χ1n) is 23.7. The third-order valence-electron chi connectivity index (χ3n) is 19.8. The Balaban J connectivity index is 0.886. The Labute approximate surface area is 371 Å². The van der Waals surface area contributed by atoms with E-state index in [2.05, 4.69) is 55.0 Å². The van der Waals surface area contributed by atoms with Crippen LogP contribution in [0.2, 0.25) is 0 Å². The summed E-state index contributed by atoms with van der Waals surface area (Å²) in [7, 11) is 0. The molecule has 16 heteroatoms. The van der Waals surface area contributed by atoms with Crippen molar-refractivity contribution in [3.8, 4) is 0 Å². The monoisotopic (exact) mass is 897 g/mol. The van der Waals surface area contributed by atoms with Crippen LogP contribution in [-0.2, 0) is 33.2 Å². The molecular weight excluding hydrogens is 821 g/mol. The van der Waals surface area contributed by atoms with Gasteiger partial charge in [-0.05, 0) is 97.7 Å². The minimum atomic E-state index is -1.74. The minimum absolute atomic E-state index is 0.0355. The van der Waals surface area contributed by atoms with Crippen LogP contribution in [0.25, 0.3) is 0 Å². The highest BCUT2D eigenvalue weighted by atomic mass is 16.8. The molecule has 0 radical (unpaired) electrons. The summed E-state index contributed by atoms with van der Waals surface area (Å²) in [6.45, 7) is 19.9. The van der Waals surface area contributed by atoms with Crippen LogP contribution < -0.4 is 0 Å². The lowest BCUT2D eigenvalue weighted by Crippen LogP contribution is -2.74. The topological polar surface area (TPSA) is 247 Å². The van der Waals surface area contributed by atoms with Crippen molar-refractivity contribution < 1.29 is 79.1 Å². The van der Waals surface area contributed by atoms with Crippen molar-refractivity contribution >= 4 is 0 Å². The first-order chi connectivity index (χ1) is 29.4. The standard InChI is InChI=1S/C47H76O16/c1-22-46-16-15-41(2,3)17-28(46)47(63-22)14-10-27-43(6)12-11-30(42(4,5)26(43)9-13-44(27,7)45(47,8)18-29(46)50)61-38-36(56)33(53)25(21-58-38)60-40-37(34(54)32(52)24(19-48)59-40)62-39-35(55)31(51)23(49)20-57-39/h23-40,48-56H,1,9-21H2,2-8H3. The highest BCUT2D eigenvalue weighted by Gasteiger charge is 2.81. The Bertz CT molecular complexity index is 1730. The fourth-order valence-corrected chi connectivity index (χ4v) is 16.0. The van der Waals surface area contributed by atoms with Crippen LogP contribution in [0.4, 0.5) is 0 Å². The van der Waals surface area contributed by atoms with Gasteiger partial charge >= 0.3 is 0 Å². The summed E-state index contributed by atoms with van der Waals surface area (Å²) in [5.74, 6) is 1.71. The second-order valence-corrected chi connectivity index (χ2v) is 23.4. The molecule has 2 bridgehead atoms. The van der Waals surface area contributed by atoms with E-state index in [9.17, 15) is 46.0 Å². The fourth-order valence-electron chi connectivity index (χ4n) is 16.0. The molecule has 9 fully saturated rings. The maximum Gasteiger partial charge on any atom is 0.187 e. The number of rotatable bonds is 7. The lowest BCUT2D eigenvalue weighted by Gasteiger charge is -2.74. The Morgan fingerprint density at radius 1 is 0.635 bits per heavy atom. The van der Waals surface area contributed by atoms with Gasteiger partial charge in [-0.3, -0.25) is 0 Å². The predicted molar refractivity (Wildman–Crippen MR) is 222 cm³/mol. The Hall–Kier alpha value is -1.06. The molecule has 9 N–H and O–H groups in total. The number of fused-ring (bicyclic) bond motifs is 4. The molecular formula is C47H76O16. The van der Waals surface area contributed by atoms with E-state index in [1.54, 1.807) is 0 Å². The smallest absolute Gasteiger partial charge is 0.187 e. The van der Waals surface area contributed by atoms with E-state index in [1.165, 1.54) is 0 Å². The fraction of sp³-hybridized carbons (Fsp3) is 0.957. The van der Waals surface area contributed by atoms with Gasteiger partial charge in [-0.2, -0.15) is 0 Å². The quantitative estimate of drug-likeness (QED) is 0.165. The summed E-state index contributed by atoms with van der Waals surface area (Å²) in [5.41, 5.74) is -1.29. The first kappa shape index (κ1) is 47.0. The molecule has 63 heavy (non-hydrogen) atoms. The van der Waals surface area contributed by atoms with Crippen LogP contribution in [0.5, 0.6) is 0 Å². The van der Waals surface area contributed by atoms with E-state index in [1.807, 2.05) is 0 Å². The second kappa shape index (κ2) is 15.7. The molecule has 9 rings (SSSR count). The first-order valence-corrected chi connectivity index (χ1v) is 23.7. The van der Waals surface area contributed by atoms with Gasteiger partial charge in [0.2, 0.25) is 0 Å². The molecule has 0 amide bonds. The Morgan fingerprint density at radius 3 is 2.02 bits per heavy atom. The van der Waals surface area contributed by atoms with Crippen LogP contribution in [-0.4, -0.2) is 163 Å². The summed E-state index contributed by atoms with van der Waals surface area (Å²) in [4.78, 5) is 0. The zero-order valence-corrected chi connectivity index (χ0v) is 38.2. The molecule has 0 aromatic rings. The number of ether oxygens (including phenoxy) is 7. The zero-order chi connectivity index (χ0) is 45.6. The van der Waals surface area contributed by atoms with Crippen molar-refractivity contribution in [3.63, 3.8) is 0 Å². The molecule has 9 aliphatic rings. The van der Waals surface area contributed by atoms with Gasteiger partial charge in [-0.25, -0.2) is 0 Å². The average Bonchev–Trinajstić information content (AvgIpc) is 3.43. The van der Waals surface area contributed by atoms with Gasteiger partial charge in [0.1, 0.15) is 66.6 Å². The van der Waals surface area contributed by atoms with E-state index in [0.717, 1.165) is 57.1 Å². The van der Waals surface area contributed by atoms with Gasteiger partial charge in [-0.15, -0.1) is 0 Å². The van der Waals surface area contributed by atoms with Crippen LogP contribution in [0, 0.1) is 50.2 Å². The molecule has 5 aliphatic carbocycles. The maximum atomic E-state index is 12.3. The van der Waals surface area contributed by atoms with Crippen LogP contribution in [0.15, 0.2) is 12.3 Å². The van der Waals surface area contributed by atoms with Crippen LogP contribution in [0.1, 0.15) is 113 Å². The molecule has 0 aromatic heterocycles. The summed E-state index contributed by atoms with van der Waals surface area (Å²) in [6, 6.07) is 0. The highest BCUT2D eigenvalue weighted by Crippen LogP contribution is 2.82. The van der Waals surface area contributed by atoms with Gasteiger partial charge in [0.15, 0.2) is 18.9 Å². The van der Waals surface area contributed by atoms with Crippen molar-refractivity contribution in [2.45, 2.75) is 210 Å². The molecule has 1 spiro atoms. The largest absolute Gasteiger partial charge is 0.491 e. The van der Waals surface area contributed by atoms with Crippen molar-refractivity contribution in [1.29, 1.82) is 0 Å². The number of aliphatic hydroxyl groups excluding tert-OH is 9. The van der Waals surface area contributed by atoms with Crippen molar-refractivity contribution in [1.82, 2.24) is 0 Å². The summed E-state index contributed by atoms with van der Waals surface area (Å²) < 4.78 is 42.9. The maximum absolute atomic E-state index is 12.3. The molecule has 4 aliphatic heterocycles. The highest BCUT2D eigenvalue weighted by molar-refractivity contribution is 5.34. The Morgan fingerprint density at radius 2 is 1.30 bits per heavy atom. The van der Waals surface area contributed by atoms with E-state index in [4.69, 9.17) is 33.2 Å². The van der Waals surface area contributed by atoms with Crippen molar-refractivity contribution in [2.75, 3.05) is 19.8 Å². The third-order valence-corrected chi connectivity index (χ3v) is 19.8. The average molecular weight is 897 g/mol. The lowest BCUT2D eigenvalue weighted by atomic mass is 9.30. The summed E-state index contributed by atoms with van der Waals surface area (Å²) in [6.07, 6.45) is -11.2. The molecule has 0 aromatic carbocycles. The van der Waals surface area contributed by atoms with Crippen LogP contribution in [0.3, 0.4) is 0 Å². The molecule has 4 saturated heterocycles. The number of aliphatic hydroxyl groups is 9. The van der Waals surface area contributed by atoms with Gasteiger partial charge in [-0.1, -0.05) is 55.0 Å². The van der Waals surface area contributed by atoms with Crippen molar-refractivity contribution in [3.05, 3.63) is 12.3 Å². The van der Waals surface area contributed by atoms with E-state index >= 15 is 0 Å². The second-order valence-electron chi connectivity index (χ2n) is 23.4. The van der Waals surface area contributed by atoms with Gasteiger partial charge in [0, 0.05) is 11.3 Å². The molecule has 360 valence electrons. The number of hydrogen-bond acceptors (Lipinski definition) is 16. The molecule has 23 atom stereocenters. The normalized spacial score (nSPS) is 57.2. The molecule has 4 heterocycles. The molecule has 23 unspecified atom stereocenters. The number of hydrogen-bond donors (Lipinski definition) is 9. The molecule has 16 nitrogen and oxygen atoms in total. The van der Waals surface area contributed by atoms with Gasteiger partial charge in [0.25, 0.3) is 0 Å². The summed E-state index contributed by atoms with van der Waals surface area (Å²) >= 11 is 0. The minimum Gasteiger partial charge on any atom is -0.491 e. The van der Waals surface area contributed by atoms with Gasteiger partial charge < -0.3 is 79.1 Å². The van der Waals surface area contributed by atoms with E-state index in [-0.39, 0.29) is 62.6 Å². The van der Waals surface area contributed by atoms with Crippen LogP contribution >= 0.6 is 0 Å². The van der Waals surface area contributed by atoms with Gasteiger partial charge in [0.05, 0.1) is 43.2 Å². The van der Waals surface area contributed by atoms with Crippen molar-refractivity contribution in [2.24, 2.45) is 50.2 Å². The lowest BCUT2D eigenvalue weighted by molar-refractivity contribution is -0.378. The Kier molecular flexibility index (Phi) is 11.7. The zero-order valence-electron chi connectivity index (χ0n) is 38.2. The SMILES string of the molecule is C=C1OC23CCC4C5(C)CCC(OC6OCC(OC7OC(CO)C(O)C(O)C7OC7OCC(O)C(O)C7O)C(O)C6O)C(C)(C)C5CCC4(C)C2(C)CC(O)C12CCC(C)(C)CC23. The summed E-state index contributed by atoms with van der Waals surface area (Å²) in [5, 5.41) is 97.5. The molecule has 5 saturated carbocycles. The van der Waals surface area contributed by atoms with E-state index < -0.39 is 99.2 Å². The van der Waals surface area contributed by atoms with E-state index in [0.29, 0.717) is 18.8 Å². The predicted octanol–water partition coefficient (Wildman–Crippen LogP) is 1.62.